The van der Waals surface area contributed by atoms with E-state index in [-0.39, 0.29) is 17.7 Å². The maximum atomic E-state index is 13.2. The summed E-state index contributed by atoms with van der Waals surface area (Å²) in [5.74, 6) is -0.282. The number of hydroxylamine groups is 2. The molecule has 1 saturated heterocycles. The van der Waals surface area contributed by atoms with Gasteiger partial charge in [0, 0.05) is 4.88 Å². The molecule has 3 rings (SSSR count). The number of nitrogens with zero attached hydrogens (tertiary/aromatic N) is 4. The summed E-state index contributed by atoms with van der Waals surface area (Å²) in [4.78, 5) is 15.6. The maximum Gasteiger partial charge on any atom is 0.352 e. The quantitative estimate of drug-likeness (QED) is 0.354. The fourth-order valence-corrected chi connectivity index (χ4v) is 4.12. The Balaban J connectivity index is 1.83. The van der Waals surface area contributed by atoms with Crippen LogP contribution in [0.15, 0.2) is 12.1 Å². The van der Waals surface area contributed by atoms with E-state index in [1.807, 2.05) is 17.9 Å². The molecule has 124 valence electrons. The number of quaternary nitrogens is 1. The van der Waals surface area contributed by atoms with Crippen LogP contribution in [0.1, 0.15) is 19.6 Å². The van der Waals surface area contributed by atoms with Gasteiger partial charge in [0.2, 0.25) is 0 Å². The second-order valence-electron chi connectivity index (χ2n) is 5.36. The lowest BCUT2D eigenvalue weighted by atomic mass is 10.4. The first kappa shape index (κ1) is 16.7. The van der Waals surface area contributed by atoms with E-state index in [2.05, 4.69) is 10.2 Å². The van der Waals surface area contributed by atoms with Gasteiger partial charge in [0.15, 0.2) is 0 Å². The monoisotopic (exact) mass is 374 g/mol. The lowest BCUT2D eigenvalue weighted by molar-refractivity contribution is 0.00613. The number of thiophene rings is 1. The molecule has 1 fully saturated rings. The van der Waals surface area contributed by atoms with Crippen molar-refractivity contribution in [2.45, 2.75) is 19.0 Å². The predicted octanol–water partition coefficient (Wildman–Crippen LogP) is 2.54. The fraction of sp³-hybridized carbons (Fsp3) is 0.462. The molecule has 10 heteroatoms. The van der Waals surface area contributed by atoms with Gasteiger partial charge in [0.05, 0.1) is 12.4 Å². The summed E-state index contributed by atoms with van der Waals surface area (Å²) in [7, 11) is 1.80. The molecule has 2 aromatic rings. The van der Waals surface area contributed by atoms with Crippen LogP contribution in [0.2, 0.25) is 0 Å². The van der Waals surface area contributed by atoms with Crippen molar-refractivity contribution >= 4 is 45.4 Å². The zero-order chi connectivity index (χ0) is 16.6. The van der Waals surface area contributed by atoms with Crippen LogP contribution < -0.4 is 4.65 Å². The van der Waals surface area contributed by atoms with Crippen LogP contribution in [0.25, 0.3) is 0 Å². The molecule has 2 unspecified atom stereocenters. The van der Waals surface area contributed by atoms with E-state index in [0.717, 1.165) is 16.2 Å². The number of ether oxygens (including phenoxy) is 1. The van der Waals surface area contributed by atoms with Crippen molar-refractivity contribution in [3.8, 4) is 0 Å². The van der Waals surface area contributed by atoms with E-state index < -0.39 is 16.8 Å². The number of carbonyl (C=O) groups excluding carboxylic acids is 1. The van der Waals surface area contributed by atoms with Crippen molar-refractivity contribution in [2.75, 3.05) is 20.3 Å². The van der Waals surface area contributed by atoms with Crippen molar-refractivity contribution < 1.29 is 9.53 Å². The topological polar surface area (TPSA) is 78.4 Å². The van der Waals surface area contributed by atoms with Crippen molar-refractivity contribution in [3.05, 3.63) is 32.1 Å². The second-order valence-corrected chi connectivity index (χ2v) is 7.95. The molecule has 0 bridgehead atoms. The molecule has 0 N–H and O–H groups in total. The predicted molar refractivity (Wildman–Crippen MR) is 90.4 cm³/mol. The smallest absolute Gasteiger partial charge is 0.352 e. The summed E-state index contributed by atoms with van der Waals surface area (Å²) in [5, 5.41) is 21.9. The van der Waals surface area contributed by atoms with Crippen LogP contribution >= 0.6 is 34.3 Å². The molecule has 3 heterocycles. The largest absolute Gasteiger partial charge is 0.622 e. The Hall–Kier alpha value is -1.10. The van der Waals surface area contributed by atoms with Crippen LogP contribution in [-0.2, 0) is 10.6 Å². The minimum Gasteiger partial charge on any atom is -0.622 e. The highest BCUT2D eigenvalue weighted by Crippen LogP contribution is 2.34. The molecular weight excluding hydrogens is 360 g/mol. The number of likely N-dealkylation sites (N-methyl/N-ethyl adjacent to an activating group) is 1. The lowest BCUT2D eigenvalue weighted by Crippen LogP contribution is -2.50. The van der Waals surface area contributed by atoms with Crippen molar-refractivity contribution in [3.63, 3.8) is 0 Å². The summed E-state index contributed by atoms with van der Waals surface area (Å²) in [6.07, 6.45) is -0.869. The van der Waals surface area contributed by atoms with E-state index >= 15 is 0 Å². The SMILES string of the molecule is Cc1ccc(C(=O)OC2CN(C)C[N+]2([O-])c2nnc(CCl)s2)s1. The average Bonchev–Trinajstić information content (AvgIpc) is 3.19. The average molecular weight is 375 g/mol. The molecule has 0 radical (unpaired) electrons. The first-order chi connectivity index (χ1) is 10.9. The zero-order valence-electron chi connectivity index (χ0n) is 12.6. The van der Waals surface area contributed by atoms with Gasteiger partial charge in [-0.1, -0.05) is 5.10 Å². The summed E-state index contributed by atoms with van der Waals surface area (Å²) >= 11 is 8.22. The minimum atomic E-state index is -0.869. The van der Waals surface area contributed by atoms with E-state index in [1.54, 1.807) is 13.1 Å². The lowest BCUT2D eigenvalue weighted by Gasteiger charge is -2.38. The standard InChI is InChI=1S/C13H15ClN4O3S2/c1-8-3-4-9(22-8)12(19)21-11-6-17(2)7-18(11,20)13-16-15-10(5-14)23-13/h3-4,11H,5-7H2,1-2H3. The third-order valence-electron chi connectivity index (χ3n) is 3.46. The van der Waals surface area contributed by atoms with Gasteiger partial charge in [-0.05, 0) is 37.4 Å². The van der Waals surface area contributed by atoms with Crippen molar-refractivity contribution in [1.82, 2.24) is 19.7 Å². The van der Waals surface area contributed by atoms with Gasteiger partial charge < -0.3 is 9.94 Å². The molecule has 1 aliphatic heterocycles. The van der Waals surface area contributed by atoms with Crippen LogP contribution in [0.4, 0.5) is 5.13 Å². The summed E-state index contributed by atoms with van der Waals surface area (Å²) in [6, 6.07) is 3.55. The normalized spacial score (nSPS) is 25.0. The van der Waals surface area contributed by atoms with Gasteiger partial charge in [-0.3, -0.25) is 4.65 Å². The zero-order valence-corrected chi connectivity index (χ0v) is 15.0. The molecule has 0 amide bonds. The van der Waals surface area contributed by atoms with Crippen LogP contribution in [0.3, 0.4) is 0 Å². The van der Waals surface area contributed by atoms with Gasteiger partial charge in [0.25, 0.3) is 6.23 Å². The number of rotatable bonds is 4. The first-order valence-electron chi connectivity index (χ1n) is 6.86. The number of halogens is 1. The Labute approximate surface area is 146 Å². The first-order valence-corrected chi connectivity index (χ1v) is 9.03. The number of hydrogen-bond acceptors (Lipinski definition) is 8. The van der Waals surface area contributed by atoms with Gasteiger partial charge in [-0.15, -0.1) is 28.0 Å². The number of aromatic nitrogens is 2. The second kappa shape index (κ2) is 6.42. The number of esters is 1. The van der Waals surface area contributed by atoms with Crippen LogP contribution in [0.5, 0.6) is 0 Å². The molecule has 23 heavy (non-hydrogen) atoms. The van der Waals surface area contributed by atoms with E-state index in [1.165, 1.54) is 11.3 Å². The molecule has 1 aliphatic rings. The van der Waals surface area contributed by atoms with Gasteiger partial charge in [0.1, 0.15) is 16.6 Å². The van der Waals surface area contributed by atoms with Gasteiger partial charge >= 0.3 is 11.1 Å². The highest BCUT2D eigenvalue weighted by molar-refractivity contribution is 7.15. The number of alkyl halides is 1. The van der Waals surface area contributed by atoms with Gasteiger partial charge in [-0.25, -0.2) is 9.69 Å². The van der Waals surface area contributed by atoms with E-state index in [9.17, 15) is 10.0 Å². The molecule has 0 spiro atoms. The molecule has 0 aliphatic carbocycles. The fourth-order valence-electron chi connectivity index (χ4n) is 2.39. The molecule has 0 saturated carbocycles. The maximum absolute atomic E-state index is 13.2. The Morgan fingerprint density at radius 1 is 1.52 bits per heavy atom. The minimum absolute atomic E-state index is 0.151. The van der Waals surface area contributed by atoms with E-state index in [4.69, 9.17) is 16.3 Å². The van der Waals surface area contributed by atoms with Crippen LogP contribution in [-0.4, -0.2) is 47.6 Å². The van der Waals surface area contributed by atoms with Gasteiger partial charge in [-0.2, -0.15) is 0 Å². The summed E-state index contributed by atoms with van der Waals surface area (Å²) in [5.41, 5.74) is 0. The third kappa shape index (κ3) is 3.25. The van der Waals surface area contributed by atoms with Crippen molar-refractivity contribution in [1.29, 1.82) is 0 Å². The Bertz CT molecular complexity index is 722. The summed E-state index contributed by atoms with van der Waals surface area (Å²) in [6.45, 7) is 2.40. The third-order valence-corrected chi connectivity index (χ3v) is 5.89. The molecule has 2 aromatic heterocycles. The molecule has 0 aromatic carbocycles. The Morgan fingerprint density at radius 3 is 2.91 bits per heavy atom. The highest BCUT2D eigenvalue weighted by Gasteiger charge is 2.45. The molecular formula is C13H15ClN4O3S2. The molecule has 2 atom stereocenters. The van der Waals surface area contributed by atoms with Crippen LogP contribution in [0, 0.1) is 12.1 Å². The number of hydrogen-bond donors (Lipinski definition) is 0. The Kier molecular flexibility index (Phi) is 4.68. The number of carbonyl (C=O) groups is 1. The number of aryl methyl sites for hydroxylation is 1. The summed E-state index contributed by atoms with van der Waals surface area (Å²) < 4.78 is 4.64. The van der Waals surface area contributed by atoms with Crippen molar-refractivity contribution in [2.24, 2.45) is 0 Å². The highest BCUT2D eigenvalue weighted by atomic mass is 35.5. The Morgan fingerprint density at radius 2 is 2.30 bits per heavy atom. The molecule has 7 nitrogen and oxygen atoms in total. The van der Waals surface area contributed by atoms with E-state index in [0.29, 0.717) is 16.4 Å².